The monoisotopic (exact) mass is 353 g/mol. The van der Waals surface area contributed by atoms with Crippen LogP contribution in [0.3, 0.4) is 0 Å². The molecule has 1 aromatic heterocycles. The van der Waals surface area contributed by atoms with Gasteiger partial charge in [-0.15, -0.1) is 0 Å². The van der Waals surface area contributed by atoms with Crippen LogP contribution in [-0.4, -0.2) is 4.57 Å². The van der Waals surface area contributed by atoms with Gasteiger partial charge in [0.25, 0.3) is 5.56 Å². The average molecular weight is 353 g/mol. The molecule has 0 atom stereocenters. The molecule has 4 rings (SSSR count). The minimum Gasteiger partial charge on any atom is -0.303 e. The molecule has 1 heterocycles. The van der Waals surface area contributed by atoms with Gasteiger partial charge in [-0.1, -0.05) is 71.8 Å². The molecule has 0 amide bonds. The quantitative estimate of drug-likeness (QED) is 0.467. The first-order valence-corrected chi connectivity index (χ1v) is 9.29. The summed E-state index contributed by atoms with van der Waals surface area (Å²) in [6, 6.07) is 24.8. The van der Waals surface area contributed by atoms with E-state index in [-0.39, 0.29) is 5.56 Å². The highest BCUT2D eigenvalue weighted by molar-refractivity contribution is 5.86. The molecule has 0 radical (unpaired) electrons. The number of nitrogens with zero attached hydrogens (tertiary/aromatic N) is 1. The number of benzene rings is 3. The van der Waals surface area contributed by atoms with Crippen molar-refractivity contribution in [3.8, 4) is 11.3 Å². The van der Waals surface area contributed by atoms with Gasteiger partial charge < -0.3 is 4.57 Å². The molecule has 0 bridgehead atoms. The molecule has 0 aliphatic rings. The summed E-state index contributed by atoms with van der Waals surface area (Å²) in [5.74, 6) is 0. The fourth-order valence-corrected chi connectivity index (χ4v) is 3.66. The Balaban J connectivity index is 1.98. The van der Waals surface area contributed by atoms with Gasteiger partial charge in [0.05, 0.1) is 12.2 Å². The van der Waals surface area contributed by atoms with Crippen LogP contribution in [-0.2, 0) is 6.54 Å². The maximum absolute atomic E-state index is 13.4. The molecule has 27 heavy (non-hydrogen) atoms. The third-order valence-corrected chi connectivity index (χ3v) is 5.16. The van der Waals surface area contributed by atoms with Gasteiger partial charge in [-0.2, -0.15) is 0 Å². The molecule has 0 aliphatic heterocycles. The Morgan fingerprint density at radius 2 is 1.48 bits per heavy atom. The van der Waals surface area contributed by atoms with Crippen LogP contribution in [0.5, 0.6) is 0 Å². The van der Waals surface area contributed by atoms with Crippen molar-refractivity contribution >= 4 is 10.8 Å². The average Bonchev–Trinajstić information content (AvgIpc) is 2.67. The zero-order valence-electron chi connectivity index (χ0n) is 16.0. The molecule has 0 N–H and O–H groups in total. The van der Waals surface area contributed by atoms with Crippen LogP contribution in [0.1, 0.15) is 22.3 Å². The summed E-state index contributed by atoms with van der Waals surface area (Å²) >= 11 is 0. The molecule has 0 unspecified atom stereocenters. The van der Waals surface area contributed by atoms with Crippen LogP contribution in [0.2, 0.25) is 0 Å². The Bertz CT molecular complexity index is 1190. The standard InChI is InChI=1S/C25H23NO/c1-17-10-12-22(19(3)13-17)16-26-24(20-7-5-4-6-8-20)15-21-11-9-18(2)14-23(21)25(26)27/h4-15H,16H2,1-3H3. The highest BCUT2D eigenvalue weighted by Gasteiger charge is 2.12. The Kier molecular flexibility index (Phi) is 4.41. The SMILES string of the molecule is Cc1ccc(Cn2c(-c3ccccc3)cc3ccc(C)cc3c2=O)c(C)c1. The zero-order chi connectivity index (χ0) is 19.0. The maximum Gasteiger partial charge on any atom is 0.259 e. The van der Waals surface area contributed by atoms with Crippen molar-refractivity contribution in [2.24, 2.45) is 0 Å². The highest BCUT2D eigenvalue weighted by atomic mass is 16.1. The summed E-state index contributed by atoms with van der Waals surface area (Å²) in [7, 11) is 0. The number of rotatable bonds is 3. The molecule has 2 heteroatoms. The predicted octanol–water partition coefficient (Wildman–Crippen LogP) is 5.64. The number of fused-ring (bicyclic) bond motifs is 1. The normalized spacial score (nSPS) is 11.1. The largest absolute Gasteiger partial charge is 0.303 e. The molecule has 0 spiro atoms. The second-order valence-corrected chi connectivity index (χ2v) is 7.31. The maximum atomic E-state index is 13.4. The highest BCUT2D eigenvalue weighted by Crippen LogP contribution is 2.24. The van der Waals surface area contributed by atoms with E-state index in [0.717, 1.165) is 27.6 Å². The summed E-state index contributed by atoms with van der Waals surface area (Å²) in [6.07, 6.45) is 0. The first-order chi connectivity index (χ1) is 13.0. The fraction of sp³-hybridized carbons (Fsp3) is 0.160. The number of pyridine rings is 1. The molecule has 134 valence electrons. The molecule has 4 aromatic rings. The van der Waals surface area contributed by atoms with Crippen molar-refractivity contribution in [1.29, 1.82) is 0 Å². The summed E-state index contributed by atoms with van der Waals surface area (Å²) in [5.41, 5.74) is 6.80. The lowest BCUT2D eigenvalue weighted by Crippen LogP contribution is -2.23. The Morgan fingerprint density at radius 1 is 0.778 bits per heavy atom. The van der Waals surface area contributed by atoms with E-state index < -0.39 is 0 Å². The predicted molar refractivity (Wildman–Crippen MR) is 113 cm³/mol. The van der Waals surface area contributed by atoms with E-state index in [1.54, 1.807) is 0 Å². The van der Waals surface area contributed by atoms with Gasteiger partial charge in [0, 0.05) is 5.39 Å². The third-order valence-electron chi connectivity index (χ3n) is 5.16. The lowest BCUT2D eigenvalue weighted by atomic mass is 10.0. The number of hydrogen-bond acceptors (Lipinski definition) is 1. The van der Waals surface area contributed by atoms with Gasteiger partial charge in [0.1, 0.15) is 0 Å². The molecule has 3 aromatic carbocycles. The molecule has 0 fully saturated rings. The summed E-state index contributed by atoms with van der Waals surface area (Å²) < 4.78 is 1.91. The van der Waals surface area contributed by atoms with Crippen molar-refractivity contribution in [1.82, 2.24) is 4.57 Å². The summed E-state index contributed by atoms with van der Waals surface area (Å²) in [6.45, 7) is 6.80. The summed E-state index contributed by atoms with van der Waals surface area (Å²) in [5, 5.41) is 1.76. The van der Waals surface area contributed by atoms with Crippen LogP contribution in [0, 0.1) is 20.8 Å². The minimum atomic E-state index is 0.0648. The topological polar surface area (TPSA) is 22.0 Å². The van der Waals surface area contributed by atoms with E-state index >= 15 is 0 Å². The molecule has 0 saturated carbocycles. The molecule has 2 nitrogen and oxygen atoms in total. The first-order valence-electron chi connectivity index (χ1n) is 9.29. The van der Waals surface area contributed by atoms with E-state index in [1.165, 1.54) is 16.7 Å². The molecular formula is C25H23NO. The van der Waals surface area contributed by atoms with Crippen LogP contribution in [0.4, 0.5) is 0 Å². The minimum absolute atomic E-state index is 0.0648. The first kappa shape index (κ1) is 17.3. The van der Waals surface area contributed by atoms with E-state index in [2.05, 4.69) is 56.3 Å². The number of hydrogen-bond donors (Lipinski definition) is 0. The number of aromatic nitrogens is 1. The van der Waals surface area contributed by atoms with E-state index in [1.807, 2.05) is 41.8 Å². The van der Waals surface area contributed by atoms with Crippen LogP contribution < -0.4 is 5.56 Å². The van der Waals surface area contributed by atoms with Gasteiger partial charge in [-0.05, 0) is 55.0 Å². The van der Waals surface area contributed by atoms with Crippen molar-refractivity contribution in [2.75, 3.05) is 0 Å². The number of aryl methyl sites for hydroxylation is 3. The molecule has 0 aliphatic carbocycles. The van der Waals surface area contributed by atoms with E-state index in [9.17, 15) is 4.79 Å². The van der Waals surface area contributed by atoms with E-state index in [4.69, 9.17) is 0 Å². The molecular weight excluding hydrogens is 330 g/mol. The summed E-state index contributed by atoms with van der Waals surface area (Å²) in [4.78, 5) is 13.4. The lowest BCUT2D eigenvalue weighted by molar-refractivity contribution is 0.772. The van der Waals surface area contributed by atoms with E-state index in [0.29, 0.717) is 6.54 Å². The van der Waals surface area contributed by atoms with Crippen LogP contribution in [0.25, 0.3) is 22.0 Å². The van der Waals surface area contributed by atoms with Gasteiger partial charge >= 0.3 is 0 Å². The van der Waals surface area contributed by atoms with Crippen molar-refractivity contribution in [2.45, 2.75) is 27.3 Å². The second kappa shape index (κ2) is 6.88. The van der Waals surface area contributed by atoms with Crippen LogP contribution in [0.15, 0.2) is 77.6 Å². The Morgan fingerprint density at radius 3 is 2.22 bits per heavy atom. The van der Waals surface area contributed by atoms with Gasteiger partial charge in [-0.25, -0.2) is 0 Å². The van der Waals surface area contributed by atoms with Gasteiger partial charge in [0.15, 0.2) is 0 Å². The molecule has 0 saturated heterocycles. The van der Waals surface area contributed by atoms with Gasteiger partial charge in [-0.3, -0.25) is 4.79 Å². The van der Waals surface area contributed by atoms with Crippen molar-refractivity contribution < 1.29 is 0 Å². The van der Waals surface area contributed by atoms with Crippen molar-refractivity contribution in [3.63, 3.8) is 0 Å². The van der Waals surface area contributed by atoms with Crippen LogP contribution >= 0.6 is 0 Å². The second-order valence-electron chi connectivity index (χ2n) is 7.31. The Hall–Kier alpha value is -3.13. The Labute approximate surface area is 159 Å². The fourth-order valence-electron chi connectivity index (χ4n) is 3.66. The third kappa shape index (κ3) is 3.31. The van der Waals surface area contributed by atoms with Crippen molar-refractivity contribution in [3.05, 3.63) is 105 Å². The smallest absolute Gasteiger partial charge is 0.259 e. The zero-order valence-corrected chi connectivity index (χ0v) is 16.0. The van der Waals surface area contributed by atoms with Gasteiger partial charge in [0.2, 0.25) is 0 Å². The lowest BCUT2D eigenvalue weighted by Gasteiger charge is -2.17.